The van der Waals surface area contributed by atoms with Crippen molar-refractivity contribution < 1.29 is 19.4 Å². The Labute approximate surface area is 190 Å². The number of carbonyl (C=O) groups is 2. The molecule has 0 radical (unpaired) electrons. The first-order valence-electron chi connectivity index (χ1n) is 11.2. The highest BCUT2D eigenvalue weighted by atomic mass is 32.1. The molecule has 0 unspecified atom stereocenters. The molecule has 0 saturated heterocycles. The smallest absolute Gasteiger partial charge is 0.333 e. The minimum absolute atomic E-state index is 0.207. The van der Waals surface area contributed by atoms with Crippen LogP contribution in [0.3, 0.4) is 0 Å². The van der Waals surface area contributed by atoms with Crippen LogP contribution in [0.1, 0.15) is 62.8 Å². The number of hydrogen-bond acceptors (Lipinski definition) is 4. The number of benzene rings is 1. The summed E-state index contributed by atoms with van der Waals surface area (Å²) in [5.74, 6) is -0.730. The molecule has 1 aromatic heterocycles. The SMILES string of the molecule is CCCCCCCC(=O)N(C)Cc1cc(-c2ccc(C[C@H](OCC)C(=O)O)cc2)cs1. The summed E-state index contributed by atoms with van der Waals surface area (Å²) in [4.78, 5) is 26.6. The zero-order chi connectivity index (χ0) is 22.6. The van der Waals surface area contributed by atoms with Gasteiger partial charge < -0.3 is 14.7 Å². The summed E-state index contributed by atoms with van der Waals surface area (Å²) in [7, 11) is 1.87. The van der Waals surface area contributed by atoms with Crippen molar-refractivity contribution in [2.24, 2.45) is 0 Å². The summed E-state index contributed by atoms with van der Waals surface area (Å²) in [6, 6.07) is 10.1. The molecule has 0 aliphatic carbocycles. The Hall–Kier alpha value is -2.18. The van der Waals surface area contributed by atoms with Crippen molar-refractivity contribution in [2.45, 2.75) is 71.4 Å². The number of thiophene rings is 1. The Morgan fingerprint density at radius 3 is 2.42 bits per heavy atom. The quantitative estimate of drug-likeness (QED) is 0.375. The zero-order valence-corrected chi connectivity index (χ0v) is 19.7. The van der Waals surface area contributed by atoms with Crippen molar-refractivity contribution in [1.82, 2.24) is 4.90 Å². The van der Waals surface area contributed by atoms with Crippen molar-refractivity contribution >= 4 is 23.2 Å². The Morgan fingerprint density at radius 1 is 1.06 bits per heavy atom. The zero-order valence-electron chi connectivity index (χ0n) is 18.9. The summed E-state index contributed by atoms with van der Waals surface area (Å²) < 4.78 is 5.29. The number of amides is 1. The van der Waals surface area contributed by atoms with E-state index in [2.05, 4.69) is 18.4 Å². The van der Waals surface area contributed by atoms with Gasteiger partial charge in [-0.3, -0.25) is 4.79 Å². The number of carboxylic acid groups (broad SMARTS) is 1. The van der Waals surface area contributed by atoms with Gasteiger partial charge in [-0.15, -0.1) is 11.3 Å². The van der Waals surface area contributed by atoms with Gasteiger partial charge in [0.15, 0.2) is 6.10 Å². The first-order valence-corrected chi connectivity index (χ1v) is 12.1. The van der Waals surface area contributed by atoms with Crippen molar-refractivity contribution in [3.8, 4) is 11.1 Å². The van der Waals surface area contributed by atoms with E-state index in [4.69, 9.17) is 4.74 Å². The van der Waals surface area contributed by atoms with Gasteiger partial charge in [-0.05, 0) is 41.5 Å². The van der Waals surface area contributed by atoms with E-state index in [1.165, 1.54) is 19.3 Å². The lowest BCUT2D eigenvalue weighted by Gasteiger charge is -2.16. The lowest BCUT2D eigenvalue weighted by atomic mass is 10.0. The minimum Gasteiger partial charge on any atom is -0.479 e. The molecule has 2 aromatic rings. The lowest BCUT2D eigenvalue weighted by molar-refractivity contribution is -0.150. The molecule has 2 rings (SSSR count). The Bertz CT molecular complexity index is 815. The Morgan fingerprint density at radius 2 is 1.77 bits per heavy atom. The first kappa shape index (κ1) is 25.1. The van der Waals surface area contributed by atoms with Crippen LogP contribution in [0.15, 0.2) is 35.7 Å². The number of hydrogen-bond donors (Lipinski definition) is 1. The second-order valence-electron chi connectivity index (χ2n) is 7.90. The highest BCUT2D eigenvalue weighted by molar-refractivity contribution is 7.10. The highest BCUT2D eigenvalue weighted by Crippen LogP contribution is 2.27. The summed E-state index contributed by atoms with van der Waals surface area (Å²) in [5.41, 5.74) is 3.13. The van der Waals surface area contributed by atoms with E-state index in [9.17, 15) is 14.7 Å². The van der Waals surface area contributed by atoms with Crippen molar-refractivity contribution in [3.63, 3.8) is 0 Å². The molecule has 0 fully saturated rings. The standard InChI is InChI=1S/C25H35NO4S/c1-4-6-7-8-9-10-24(27)26(3)17-22-16-21(18-31-22)20-13-11-19(12-14-20)15-23(25(28)29)30-5-2/h11-14,16,18,23H,4-10,15,17H2,1-3H3,(H,28,29)/t23-/m0/s1. The third kappa shape index (κ3) is 8.46. The first-order chi connectivity index (χ1) is 14.9. The molecule has 1 amide bonds. The maximum absolute atomic E-state index is 12.4. The average molecular weight is 446 g/mol. The fraction of sp³-hybridized carbons (Fsp3) is 0.520. The third-order valence-electron chi connectivity index (χ3n) is 5.32. The van der Waals surface area contributed by atoms with Crippen LogP contribution < -0.4 is 0 Å². The lowest BCUT2D eigenvalue weighted by Crippen LogP contribution is -2.26. The Balaban J connectivity index is 1.88. The van der Waals surface area contributed by atoms with Gasteiger partial charge in [0.05, 0.1) is 6.54 Å². The number of rotatable bonds is 14. The minimum atomic E-state index is -0.937. The third-order valence-corrected chi connectivity index (χ3v) is 6.24. The Kier molecular flexibility index (Phi) is 10.7. The second kappa shape index (κ2) is 13.3. The molecule has 5 nitrogen and oxygen atoms in total. The molecular weight excluding hydrogens is 410 g/mol. The maximum Gasteiger partial charge on any atom is 0.333 e. The highest BCUT2D eigenvalue weighted by Gasteiger charge is 2.18. The van der Waals surface area contributed by atoms with Crippen molar-refractivity contribution in [3.05, 3.63) is 46.2 Å². The molecule has 0 aliphatic rings. The van der Waals surface area contributed by atoms with E-state index >= 15 is 0 Å². The van der Waals surface area contributed by atoms with Gasteiger partial charge in [0.1, 0.15) is 0 Å². The van der Waals surface area contributed by atoms with E-state index in [1.807, 2.05) is 36.2 Å². The van der Waals surface area contributed by atoms with Gasteiger partial charge in [-0.25, -0.2) is 4.79 Å². The molecule has 0 aliphatic heterocycles. The van der Waals surface area contributed by atoms with Crippen LogP contribution in [0.4, 0.5) is 0 Å². The molecule has 1 aromatic carbocycles. The molecule has 6 heteroatoms. The molecule has 1 heterocycles. The summed E-state index contributed by atoms with van der Waals surface area (Å²) in [6.45, 7) is 5.00. The van der Waals surface area contributed by atoms with Crippen LogP contribution >= 0.6 is 11.3 Å². The topological polar surface area (TPSA) is 66.8 Å². The predicted octanol–water partition coefficient (Wildman–Crippen LogP) is 5.77. The van der Waals surface area contributed by atoms with Crippen LogP contribution in [0.5, 0.6) is 0 Å². The van der Waals surface area contributed by atoms with Crippen LogP contribution in [0.25, 0.3) is 11.1 Å². The largest absolute Gasteiger partial charge is 0.479 e. The van der Waals surface area contributed by atoms with Gasteiger partial charge >= 0.3 is 5.97 Å². The fourth-order valence-corrected chi connectivity index (χ4v) is 4.42. The number of carboxylic acids is 1. The summed E-state index contributed by atoms with van der Waals surface area (Å²) in [6.07, 6.45) is 5.93. The molecule has 1 atom stereocenters. The molecule has 1 N–H and O–H groups in total. The number of unbranched alkanes of at least 4 members (excludes halogenated alkanes) is 4. The number of ether oxygens (including phenoxy) is 1. The van der Waals surface area contributed by atoms with Crippen molar-refractivity contribution in [1.29, 1.82) is 0 Å². The van der Waals surface area contributed by atoms with Crippen LogP contribution in [0, 0.1) is 0 Å². The molecule has 0 spiro atoms. The van der Waals surface area contributed by atoms with E-state index in [0.29, 0.717) is 26.0 Å². The van der Waals surface area contributed by atoms with Gasteiger partial charge in [-0.1, -0.05) is 56.9 Å². The predicted molar refractivity (Wildman–Crippen MR) is 126 cm³/mol. The number of carbonyl (C=O) groups excluding carboxylic acids is 1. The number of aliphatic carboxylic acids is 1. The number of nitrogens with zero attached hydrogens (tertiary/aromatic N) is 1. The van der Waals surface area contributed by atoms with Crippen molar-refractivity contribution in [2.75, 3.05) is 13.7 Å². The molecule has 0 bridgehead atoms. The second-order valence-corrected chi connectivity index (χ2v) is 8.89. The summed E-state index contributed by atoms with van der Waals surface area (Å²) in [5, 5.41) is 11.3. The normalized spacial score (nSPS) is 12.0. The maximum atomic E-state index is 12.4. The monoisotopic (exact) mass is 445 g/mol. The molecule has 170 valence electrons. The summed E-state index contributed by atoms with van der Waals surface area (Å²) >= 11 is 1.66. The van der Waals surface area contributed by atoms with Gasteiger partial charge in [0.25, 0.3) is 0 Å². The molecule has 0 saturated carbocycles. The molecular formula is C25H35NO4S. The van der Waals surface area contributed by atoms with Crippen LogP contribution in [-0.4, -0.2) is 41.6 Å². The van der Waals surface area contributed by atoms with E-state index in [1.54, 1.807) is 18.3 Å². The van der Waals surface area contributed by atoms with E-state index in [-0.39, 0.29) is 5.91 Å². The van der Waals surface area contributed by atoms with E-state index in [0.717, 1.165) is 34.4 Å². The van der Waals surface area contributed by atoms with Crippen LogP contribution in [-0.2, 0) is 27.3 Å². The van der Waals surface area contributed by atoms with E-state index < -0.39 is 12.1 Å². The van der Waals surface area contributed by atoms with Gasteiger partial charge in [0, 0.05) is 31.4 Å². The molecule has 31 heavy (non-hydrogen) atoms. The van der Waals surface area contributed by atoms with Gasteiger partial charge in [-0.2, -0.15) is 0 Å². The van der Waals surface area contributed by atoms with Gasteiger partial charge in [0.2, 0.25) is 5.91 Å². The fourth-order valence-electron chi connectivity index (χ4n) is 3.47. The van der Waals surface area contributed by atoms with Crippen LogP contribution in [0.2, 0.25) is 0 Å². The average Bonchev–Trinajstić information content (AvgIpc) is 3.22.